The van der Waals surface area contributed by atoms with Gasteiger partial charge in [-0.05, 0) is 38.3 Å². The van der Waals surface area contributed by atoms with Crippen LogP contribution >= 0.6 is 24.0 Å². The van der Waals surface area contributed by atoms with Gasteiger partial charge in [-0.25, -0.2) is 4.99 Å². The van der Waals surface area contributed by atoms with Crippen LogP contribution in [0.1, 0.15) is 44.8 Å². The van der Waals surface area contributed by atoms with Gasteiger partial charge in [0.25, 0.3) is 0 Å². The molecule has 3 aliphatic rings. The van der Waals surface area contributed by atoms with E-state index in [-0.39, 0.29) is 24.0 Å². The van der Waals surface area contributed by atoms with E-state index in [9.17, 15) is 0 Å². The third-order valence-corrected chi connectivity index (χ3v) is 5.90. The Bertz CT molecular complexity index is 555. The van der Waals surface area contributed by atoms with Gasteiger partial charge in [0.2, 0.25) is 0 Å². The predicted octanol–water partition coefficient (Wildman–Crippen LogP) is 3.30. The molecule has 3 unspecified atom stereocenters. The lowest BCUT2D eigenvalue weighted by Crippen LogP contribution is -2.69. The highest BCUT2D eigenvalue weighted by Crippen LogP contribution is 2.60. The van der Waals surface area contributed by atoms with Crippen molar-refractivity contribution in [2.75, 3.05) is 13.2 Å². The van der Waals surface area contributed by atoms with E-state index in [4.69, 9.17) is 14.1 Å². The van der Waals surface area contributed by atoms with Crippen molar-refractivity contribution in [2.24, 2.45) is 16.3 Å². The van der Waals surface area contributed by atoms with Crippen LogP contribution in [0.4, 0.5) is 0 Å². The van der Waals surface area contributed by atoms with Crippen molar-refractivity contribution in [2.45, 2.75) is 57.7 Å². The fourth-order valence-corrected chi connectivity index (χ4v) is 4.93. The van der Waals surface area contributed by atoms with Crippen molar-refractivity contribution < 1.29 is 9.15 Å². The van der Waals surface area contributed by atoms with Crippen molar-refractivity contribution in [3.63, 3.8) is 0 Å². The minimum absolute atomic E-state index is 0. The molecule has 0 aromatic carbocycles. The van der Waals surface area contributed by atoms with E-state index in [2.05, 4.69) is 17.6 Å². The van der Waals surface area contributed by atoms with Crippen LogP contribution in [0.2, 0.25) is 0 Å². The number of aliphatic imine (C=N–C) groups is 1. The Morgan fingerprint density at radius 1 is 1.38 bits per heavy atom. The molecular weight excluding hydrogens is 417 g/mol. The molecule has 5 nitrogen and oxygen atoms in total. The van der Waals surface area contributed by atoms with Gasteiger partial charge in [0.1, 0.15) is 12.3 Å². The second kappa shape index (κ2) is 7.64. The van der Waals surface area contributed by atoms with Gasteiger partial charge < -0.3 is 19.8 Å². The maximum absolute atomic E-state index is 6.07. The largest absolute Gasteiger partial charge is 0.467 e. The van der Waals surface area contributed by atoms with Crippen LogP contribution in [0.3, 0.4) is 0 Å². The highest BCUT2D eigenvalue weighted by molar-refractivity contribution is 14.0. The number of furan rings is 1. The lowest BCUT2D eigenvalue weighted by molar-refractivity contribution is -0.125. The normalized spacial score (nSPS) is 30.5. The van der Waals surface area contributed by atoms with E-state index in [1.165, 1.54) is 32.1 Å². The van der Waals surface area contributed by atoms with Gasteiger partial charge in [0.05, 0.1) is 12.4 Å². The highest BCUT2D eigenvalue weighted by atomic mass is 127. The van der Waals surface area contributed by atoms with Crippen LogP contribution < -0.4 is 10.6 Å². The SMILES string of the molecule is CCNC(=NCc1ccco1)NC1C2CCOC2C12CCCC2.I. The van der Waals surface area contributed by atoms with E-state index in [1.54, 1.807) is 6.26 Å². The Morgan fingerprint density at radius 3 is 2.92 bits per heavy atom. The van der Waals surface area contributed by atoms with Gasteiger partial charge in [0, 0.05) is 30.5 Å². The molecule has 2 heterocycles. The molecular formula is C18H28IN3O2. The summed E-state index contributed by atoms with van der Waals surface area (Å²) in [7, 11) is 0. The van der Waals surface area contributed by atoms with E-state index >= 15 is 0 Å². The minimum atomic E-state index is 0. The van der Waals surface area contributed by atoms with Crippen molar-refractivity contribution in [1.82, 2.24) is 10.6 Å². The van der Waals surface area contributed by atoms with Crippen molar-refractivity contribution in [1.29, 1.82) is 0 Å². The molecule has 1 saturated heterocycles. The zero-order valence-corrected chi connectivity index (χ0v) is 16.6. The van der Waals surface area contributed by atoms with Gasteiger partial charge in [-0.2, -0.15) is 0 Å². The van der Waals surface area contributed by atoms with Crippen molar-refractivity contribution >= 4 is 29.9 Å². The van der Waals surface area contributed by atoms with Gasteiger partial charge in [0.15, 0.2) is 5.96 Å². The standard InChI is InChI=1S/C18H27N3O2.HI/c1-2-19-17(20-12-13-6-5-10-22-13)21-15-14-7-11-23-16(14)18(15)8-3-4-9-18;/h5-6,10,14-16H,2-4,7-9,11-12H2,1H3,(H2,19,20,21);1H. The number of fused-ring (bicyclic) bond motifs is 2. The Balaban J connectivity index is 0.00000169. The predicted molar refractivity (Wildman–Crippen MR) is 105 cm³/mol. The number of hydrogen-bond donors (Lipinski definition) is 2. The first-order valence-corrected chi connectivity index (χ1v) is 9.02. The van der Waals surface area contributed by atoms with Crippen LogP contribution in [0, 0.1) is 11.3 Å². The lowest BCUT2D eigenvalue weighted by Gasteiger charge is -2.57. The van der Waals surface area contributed by atoms with E-state index in [1.807, 2.05) is 12.1 Å². The molecule has 24 heavy (non-hydrogen) atoms. The third kappa shape index (κ3) is 3.07. The van der Waals surface area contributed by atoms with Crippen LogP contribution in [-0.2, 0) is 11.3 Å². The molecule has 2 aliphatic carbocycles. The van der Waals surface area contributed by atoms with Gasteiger partial charge in [-0.1, -0.05) is 12.8 Å². The molecule has 0 radical (unpaired) electrons. The Hall–Kier alpha value is -0.760. The van der Waals surface area contributed by atoms with Gasteiger partial charge in [-0.15, -0.1) is 24.0 Å². The monoisotopic (exact) mass is 445 g/mol. The summed E-state index contributed by atoms with van der Waals surface area (Å²) in [6.45, 7) is 4.48. The molecule has 1 aliphatic heterocycles. The third-order valence-electron chi connectivity index (χ3n) is 5.90. The zero-order chi connectivity index (χ0) is 15.7. The summed E-state index contributed by atoms with van der Waals surface area (Å²) in [5, 5.41) is 7.13. The Morgan fingerprint density at radius 2 is 2.21 bits per heavy atom. The molecule has 0 bridgehead atoms. The fraction of sp³-hybridized carbons (Fsp3) is 0.722. The van der Waals surface area contributed by atoms with Crippen LogP contribution in [0.15, 0.2) is 27.8 Å². The summed E-state index contributed by atoms with van der Waals surface area (Å²) < 4.78 is 11.5. The quantitative estimate of drug-likeness (QED) is 0.424. The molecule has 2 saturated carbocycles. The molecule has 0 amide bonds. The second-order valence-corrected chi connectivity index (χ2v) is 7.08. The summed E-state index contributed by atoms with van der Waals surface area (Å²) in [5.74, 6) is 2.46. The summed E-state index contributed by atoms with van der Waals surface area (Å²) in [4.78, 5) is 4.71. The maximum atomic E-state index is 6.07. The molecule has 3 atom stereocenters. The molecule has 1 aromatic rings. The number of guanidine groups is 1. The van der Waals surface area contributed by atoms with E-state index in [0.29, 0.717) is 30.0 Å². The van der Waals surface area contributed by atoms with E-state index in [0.717, 1.165) is 24.9 Å². The molecule has 1 spiro atoms. The van der Waals surface area contributed by atoms with Crippen molar-refractivity contribution in [3.05, 3.63) is 24.2 Å². The average Bonchev–Trinajstić information content (AvgIpc) is 3.30. The number of hydrogen-bond acceptors (Lipinski definition) is 3. The van der Waals surface area contributed by atoms with Crippen LogP contribution in [-0.4, -0.2) is 31.3 Å². The van der Waals surface area contributed by atoms with Crippen LogP contribution in [0.25, 0.3) is 0 Å². The second-order valence-electron chi connectivity index (χ2n) is 7.08. The molecule has 6 heteroatoms. The lowest BCUT2D eigenvalue weighted by atomic mass is 9.54. The minimum Gasteiger partial charge on any atom is -0.467 e. The molecule has 2 N–H and O–H groups in total. The first-order valence-electron chi connectivity index (χ1n) is 9.02. The van der Waals surface area contributed by atoms with Gasteiger partial charge in [-0.3, -0.25) is 0 Å². The summed E-state index contributed by atoms with van der Waals surface area (Å²) in [6, 6.07) is 4.38. The fourth-order valence-electron chi connectivity index (χ4n) is 4.93. The van der Waals surface area contributed by atoms with Crippen LogP contribution in [0.5, 0.6) is 0 Å². The first-order chi connectivity index (χ1) is 11.3. The van der Waals surface area contributed by atoms with Crippen molar-refractivity contribution in [3.8, 4) is 0 Å². The number of rotatable bonds is 4. The number of nitrogens with zero attached hydrogens (tertiary/aromatic N) is 1. The highest BCUT2D eigenvalue weighted by Gasteiger charge is 2.65. The van der Waals surface area contributed by atoms with E-state index < -0.39 is 0 Å². The first kappa shape index (κ1) is 18.0. The van der Waals surface area contributed by atoms with Gasteiger partial charge >= 0.3 is 0 Å². The molecule has 4 rings (SSSR count). The molecule has 3 fully saturated rings. The summed E-state index contributed by atoms with van der Waals surface area (Å²) >= 11 is 0. The number of nitrogens with one attached hydrogen (secondary N) is 2. The number of ether oxygens (including phenoxy) is 1. The topological polar surface area (TPSA) is 58.8 Å². The summed E-state index contributed by atoms with van der Waals surface area (Å²) in [6.07, 6.45) is 8.63. The average molecular weight is 445 g/mol. The number of halogens is 1. The smallest absolute Gasteiger partial charge is 0.191 e. The Kier molecular flexibility index (Phi) is 5.74. The maximum Gasteiger partial charge on any atom is 0.191 e. The zero-order valence-electron chi connectivity index (χ0n) is 14.3. The Labute approximate surface area is 161 Å². The molecule has 1 aromatic heterocycles. The summed E-state index contributed by atoms with van der Waals surface area (Å²) in [5.41, 5.74) is 0.349. The molecule has 134 valence electrons.